The Labute approximate surface area is 116 Å². The van der Waals surface area contributed by atoms with Crippen molar-refractivity contribution in [2.45, 2.75) is 19.9 Å². The largest absolute Gasteiger partial charge is 0.309 e. The van der Waals surface area contributed by atoms with E-state index in [0.717, 1.165) is 0 Å². The van der Waals surface area contributed by atoms with Crippen LogP contribution in [-0.2, 0) is 0 Å². The van der Waals surface area contributed by atoms with Crippen molar-refractivity contribution in [1.82, 2.24) is 5.32 Å². The second-order valence-electron chi connectivity index (χ2n) is 4.79. The third-order valence-electron chi connectivity index (χ3n) is 3.43. The summed E-state index contributed by atoms with van der Waals surface area (Å²) >= 11 is 0. The van der Waals surface area contributed by atoms with Crippen LogP contribution in [0.25, 0.3) is 0 Å². The number of rotatable bonds is 3. The molecule has 2 rings (SSSR count). The highest BCUT2D eigenvalue weighted by Gasteiger charge is 2.24. The Morgan fingerprint density at radius 1 is 0.900 bits per heavy atom. The van der Waals surface area contributed by atoms with E-state index in [1.807, 2.05) is 0 Å². The third-order valence-corrected chi connectivity index (χ3v) is 3.43. The molecule has 106 valence electrons. The molecular formula is C16H16F3N. The zero-order valence-electron chi connectivity index (χ0n) is 11.6. The van der Waals surface area contributed by atoms with E-state index in [4.69, 9.17) is 0 Å². The van der Waals surface area contributed by atoms with Gasteiger partial charge in [0, 0.05) is 11.1 Å². The molecule has 0 amide bonds. The summed E-state index contributed by atoms with van der Waals surface area (Å²) in [6.45, 7) is 3.17. The summed E-state index contributed by atoms with van der Waals surface area (Å²) in [5.74, 6) is -1.79. The Hall–Kier alpha value is -1.81. The lowest BCUT2D eigenvalue weighted by Crippen LogP contribution is -2.22. The smallest absolute Gasteiger partial charge is 0.134 e. The summed E-state index contributed by atoms with van der Waals surface area (Å²) in [5.41, 5.74) is 0.846. The van der Waals surface area contributed by atoms with Crippen LogP contribution in [0.1, 0.15) is 28.3 Å². The second kappa shape index (κ2) is 5.67. The van der Waals surface area contributed by atoms with Gasteiger partial charge in [-0.25, -0.2) is 13.2 Å². The molecule has 1 unspecified atom stereocenters. The lowest BCUT2D eigenvalue weighted by atomic mass is 9.94. The van der Waals surface area contributed by atoms with Crippen LogP contribution in [0.15, 0.2) is 30.3 Å². The fourth-order valence-electron chi connectivity index (χ4n) is 2.29. The average Bonchev–Trinajstić information content (AvgIpc) is 2.43. The fourth-order valence-corrected chi connectivity index (χ4v) is 2.29. The monoisotopic (exact) mass is 279 g/mol. The Balaban J connectivity index is 2.65. The Morgan fingerprint density at radius 3 is 2.20 bits per heavy atom. The maximum absolute atomic E-state index is 14.2. The maximum Gasteiger partial charge on any atom is 0.134 e. The van der Waals surface area contributed by atoms with E-state index in [0.29, 0.717) is 11.1 Å². The van der Waals surface area contributed by atoms with E-state index in [1.54, 1.807) is 33.0 Å². The predicted octanol–water partition coefficient (Wildman–Crippen LogP) is 4.03. The molecule has 0 aliphatic rings. The van der Waals surface area contributed by atoms with Crippen LogP contribution in [0.5, 0.6) is 0 Å². The van der Waals surface area contributed by atoms with Crippen LogP contribution in [0, 0.1) is 31.3 Å². The molecule has 0 spiro atoms. The van der Waals surface area contributed by atoms with E-state index < -0.39 is 23.5 Å². The van der Waals surface area contributed by atoms with Gasteiger partial charge < -0.3 is 5.32 Å². The molecule has 4 heteroatoms. The molecule has 1 N–H and O–H groups in total. The first-order chi connectivity index (χ1) is 9.47. The molecule has 0 radical (unpaired) electrons. The van der Waals surface area contributed by atoms with Crippen LogP contribution >= 0.6 is 0 Å². The van der Waals surface area contributed by atoms with Crippen LogP contribution in [0.2, 0.25) is 0 Å². The third kappa shape index (κ3) is 2.43. The molecule has 1 atom stereocenters. The highest BCUT2D eigenvalue weighted by Crippen LogP contribution is 2.30. The van der Waals surface area contributed by atoms with Gasteiger partial charge in [-0.2, -0.15) is 0 Å². The van der Waals surface area contributed by atoms with Crippen LogP contribution in [-0.4, -0.2) is 7.05 Å². The second-order valence-corrected chi connectivity index (χ2v) is 4.79. The Bertz CT molecular complexity index is 638. The van der Waals surface area contributed by atoms with Crippen molar-refractivity contribution < 1.29 is 13.2 Å². The van der Waals surface area contributed by atoms with E-state index in [1.165, 1.54) is 18.2 Å². The highest BCUT2D eigenvalue weighted by atomic mass is 19.1. The van der Waals surface area contributed by atoms with E-state index in [-0.39, 0.29) is 11.1 Å². The average molecular weight is 279 g/mol. The minimum atomic E-state index is -0.866. The first-order valence-electron chi connectivity index (χ1n) is 6.34. The number of halogens is 3. The fraction of sp³-hybridized carbons (Fsp3) is 0.250. The molecule has 0 heterocycles. The molecule has 0 bridgehead atoms. The number of aryl methyl sites for hydroxylation is 2. The van der Waals surface area contributed by atoms with E-state index in [2.05, 4.69) is 5.32 Å². The Kier molecular flexibility index (Phi) is 4.14. The predicted molar refractivity (Wildman–Crippen MR) is 73.1 cm³/mol. The van der Waals surface area contributed by atoms with Gasteiger partial charge in [0.2, 0.25) is 0 Å². The lowest BCUT2D eigenvalue weighted by Gasteiger charge is -2.20. The molecule has 0 saturated heterocycles. The van der Waals surface area contributed by atoms with E-state index in [9.17, 15) is 13.2 Å². The summed E-state index contributed by atoms with van der Waals surface area (Å²) in [5, 5.41) is 2.79. The van der Waals surface area contributed by atoms with E-state index >= 15 is 0 Å². The molecule has 0 aliphatic heterocycles. The van der Waals surface area contributed by atoms with Gasteiger partial charge >= 0.3 is 0 Å². The first kappa shape index (κ1) is 14.6. The van der Waals surface area contributed by atoms with Gasteiger partial charge in [-0.3, -0.25) is 0 Å². The van der Waals surface area contributed by atoms with Crippen LogP contribution < -0.4 is 5.32 Å². The maximum atomic E-state index is 14.2. The minimum Gasteiger partial charge on any atom is -0.309 e. The molecule has 0 fully saturated rings. The van der Waals surface area contributed by atoms with Crippen molar-refractivity contribution in [3.8, 4) is 0 Å². The number of benzene rings is 2. The SMILES string of the molecule is CNC(c1cccc(C)c1F)c1c(F)ccc(C)c1F. The summed E-state index contributed by atoms with van der Waals surface area (Å²) in [6, 6.07) is 6.53. The van der Waals surface area contributed by atoms with Gasteiger partial charge in [0.1, 0.15) is 17.5 Å². The van der Waals surface area contributed by atoms with Crippen molar-refractivity contribution in [2.75, 3.05) is 7.05 Å². The number of nitrogens with one attached hydrogen (secondary N) is 1. The van der Waals surface area contributed by atoms with Crippen molar-refractivity contribution in [3.05, 3.63) is 70.0 Å². The highest BCUT2D eigenvalue weighted by molar-refractivity contribution is 5.38. The van der Waals surface area contributed by atoms with Crippen LogP contribution in [0.3, 0.4) is 0 Å². The van der Waals surface area contributed by atoms with Crippen molar-refractivity contribution >= 4 is 0 Å². The summed E-state index contributed by atoms with van der Waals surface area (Å²) < 4.78 is 42.4. The molecule has 2 aromatic carbocycles. The first-order valence-corrected chi connectivity index (χ1v) is 6.34. The number of hydrogen-bond donors (Lipinski definition) is 1. The summed E-state index contributed by atoms with van der Waals surface area (Å²) in [7, 11) is 1.55. The van der Waals surface area contributed by atoms with Gasteiger partial charge in [-0.05, 0) is 38.1 Å². The molecule has 1 nitrogen and oxygen atoms in total. The molecule has 0 aromatic heterocycles. The minimum absolute atomic E-state index is 0.156. The molecular weight excluding hydrogens is 263 g/mol. The normalized spacial score (nSPS) is 12.5. The lowest BCUT2D eigenvalue weighted by molar-refractivity contribution is 0.503. The van der Waals surface area contributed by atoms with Gasteiger partial charge in [-0.15, -0.1) is 0 Å². The molecule has 0 aliphatic carbocycles. The van der Waals surface area contributed by atoms with Crippen LogP contribution in [0.4, 0.5) is 13.2 Å². The van der Waals surface area contributed by atoms with Gasteiger partial charge in [0.05, 0.1) is 6.04 Å². The molecule has 20 heavy (non-hydrogen) atoms. The summed E-state index contributed by atoms with van der Waals surface area (Å²) in [6.07, 6.45) is 0. The topological polar surface area (TPSA) is 12.0 Å². The molecule has 0 saturated carbocycles. The summed E-state index contributed by atoms with van der Waals surface area (Å²) in [4.78, 5) is 0. The zero-order chi connectivity index (χ0) is 14.9. The van der Waals surface area contributed by atoms with Crippen molar-refractivity contribution in [2.24, 2.45) is 0 Å². The quantitative estimate of drug-likeness (QED) is 0.894. The Morgan fingerprint density at radius 2 is 1.55 bits per heavy atom. The van der Waals surface area contributed by atoms with Gasteiger partial charge in [-0.1, -0.05) is 24.3 Å². The zero-order valence-corrected chi connectivity index (χ0v) is 11.6. The standard InChI is InChI=1S/C16H16F3N/c1-9-5-4-6-11(14(9)18)16(20-3)13-12(17)8-7-10(2)15(13)19/h4-8,16,20H,1-3H3. The van der Waals surface area contributed by atoms with Gasteiger partial charge in [0.15, 0.2) is 0 Å². The van der Waals surface area contributed by atoms with Crippen molar-refractivity contribution in [1.29, 1.82) is 0 Å². The van der Waals surface area contributed by atoms with Crippen molar-refractivity contribution in [3.63, 3.8) is 0 Å². The van der Waals surface area contributed by atoms with Gasteiger partial charge in [0.25, 0.3) is 0 Å². The molecule has 2 aromatic rings. The number of hydrogen-bond acceptors (Lipinski definition) is 1.